The molecule has 1 aromatic heterocycles. The predicted octanol–water partition coefficient (Wildman–Crippen LogP) is 2.70. The Morgan fingerprint density at radius 2 is 2.11 bits per heavy atom. The van der Waals surface area contributed by atoms with Gasteiger partial charge >= 0.3 is 5.97 Å². The zero-order valence-electron chi connectivity index (χ0n) is 10.6. The third-order valence-corrected chi connectivity index (χ3v) is 2.79. The first-order valence-corrected chi connectivity index (χ1v) is 5.74. The standard InChI is InChI=1S/C14H15NO3/c1-8-6-9(2)13-11(7-8)12(4-5-15-13)18-10(3)14(16)17/h4-7,10H,1-3H3,(H,16,17)/t10-/m1/s1. The van der Waals surface area contributed by atoms with Crippen LogP contribution in [0.5, 0.6) is 5.75 Å². The minimum atomic E-state index is -0.982. The molecule has 0 fully saturated rings. The predicted molar refractivity (Wildman–Crippen MR) is 68.9 cm³/mol. The van der Waals surface area contributed by atoms with E-state index in [-0.39, 0.29) is 0 Å². The number of aryl methyl sites for hydroxylation is 2. The largest absolute Gasteiger partial charge is 0.479 e. The van der Waals surface area contributed by atoms with Crippen LogP contribution in [-0.2, 0) is 4.79 Å². The van der Waals surface area contributed by atoms with E-state index in [9.17, 15) is 4.79 Å². The first kappa shape index (κ1) is 12.4. The molecule has 94 valence electrons. The maximum atomic E-state index is 10.8. The highest BCUT2D eigenvalue weighted by Crippen LogP contribution is 2.28. The Bertz CT molecular complexity index is 607. The molecule has 0 bridgehead atoms. The molecule has 0 aliphatic heterocycles. The average Bonchev–Trinajstić information content (AvgIpc) is 2.29. The number of rotatable bonds is 3. The van der Waals surface area contributed by atoms with Crippen LogP contribution in [0.25, 0.3) is 10.9 Å². The van der Waals surface area contributed by atoms with E-state index >= 15 is 0 Å². The number of nitrogens with zero attached hydrogens (tertiary/aromatic N) is 1. The fourth-order valence-electron chi connectivity index (χ4n) is 1.93. The van der Waals surface area contributed by atoms with Gasteiger partial charge in [-0.05, 0) is 44.0 Å². The van der Waals surface area contributed by atoms with E-state index < -0.39 is 12.1 Å². The summed E-state index contributed by atoms with van der Waals surface area (Å²) in [7, 11) is 0. The summed E-state index contributed by atoms with van der Waals surface area (Å²) in [5.74, 6) is -0.425. The molecule has 18 heavy (non-hydrogen) atoms. The Morgan fingerprint density at radius 3 is 2.78 bits per heavy atom. The first-order chi connectivity index (χ1) is 8.49. The van der Waals surface area contributed by atoms with Gasteiger partial charge in [0.1, 0.15) is 5.75 Å². The number of pyridine rings is 1. The van der Waals surface area contributed by atoms with Gasteiger partial charge in [0.25, 0.3) is 0 Å². The van der Waals surface area contributed by atoms with Crippen molar-refractivity contribution in [1.82, 2.24) is 4.98 Å². The van der Waals surface area contributed by atoms with E-state index in [1.807, 2.05) is 26.0 Å². The van der Waals surface area contributed by atoms with Gasteiger partial charge in [0.15, 0.2) is 6.10 Å². The lowest BCUT2D eigenvalue weighted by atomic mass is 10.1. The fourth-order valence-corrected chi connectivity index (χ4v) is 1.93. The summed E-state index contributed by atoms with van der Waals surface area (Å²) in [6.45, 7) is 5.48. The van der Waals surface area contributed by atoms with E-state index in [4.69, 9.17) is 9.84 Å². The van der Waals surface area contributed by atoms with Gasteiger partial charge < -0.3 is 9.84 Å². The van der Waals surface area contributed by atoms with Crippen LogP contribution in [-0.4, -0.2) is 22.2 Å². The normalized spacial score (nSPS) is 12.4. The van der Waals surface area contributed by atoms with Gasteiger partial charge in [-0.3, -0.25) is 4.98 Å². The van der Waals surface area contributed by atoms with E-state index in [0.29, 0.717) is 5.75 Å². The van der Waals surface area contributed by atoms with Crippen molar-refractivity contribution in [3.8, 4) is 5.75 Å². The number of aliphatic carboxylic acids is 1. The quantitative estimate of drug-likeness (QED) is 0.903. The zero-order valence-corrected chi connectivity index (χ0v) is 10.6. The highest BCUT2D eigenvalue weighted by molar-refractivity contribution is 5.88. The second-order valence-electron chi connectivity index (χ2n) is 4.39. The molecule has 0 unspecified atom stereocenters. The number of benzene rings is 1. The molecule has 0 aliphatic rings. The van der Waals surface area contributed by atoms with E-state index in [1.165, 1.54) is 6.92 Å². The monoisotopic (exact) mass is 245 g/mol. The second-order valence-corrected chi connectivity index (χ2v) is 4.39. The number of carboxylic acids is 1. The molecule has 0 radical (unpaired) electrons. The molecule has 0 aliphatic carbocycles. The van der Waals surface area contributed by atoms with Gasteiger partial charge in [-0.25, -0.2) is 4.79 Å². The van der Waals surface area contributed by atoms with Crippen LogP contribution < -0.4 is 4.74 Å². The molecule has 0 saturated carbocycles. The number of carbonyl (C=O) groups is 1. The van der Waals surface area contributed by atoms with Crippen molar-refractivity contribution < 1.29 is 14.6 Å². The number of carboxylic acid groups (broad SMARTS) is 1. The molecule has 1 N–H and O–H groups in total. The molecule has 0 saturated heterocycles. The van der Waals surface area contributed by atoms with E-state index in [2.05, 4.69) is 4.98 Å². The Balaban J connectivity index is 2.54. The summed E-state index contributed by atoms with van der Waals surface area (Å²) in [5, 5.41) is 9.73. The highest BCUT2D eigenvalue weighted by Gasteiger charge is 2.15. The third-order valence-electron chi connectivity index (χ3n) is 2.79. The maximum Gasteiger partial charge on any atom is 0.344 e. The van der Waals surface area contributed by atoms with Gasteiger partial charge in [-0.1, -0.05) is 6.07 Å². The number of hydrogen-bond acceptors (Lipinski definition) is 3. The van der Waals surface area contributed by atoms with Gasteiger partial charge in [-0.15, -0.1) is 0 Å². The van der Waals surface area contributed by atoms with Crippen molar-refractivity contribution in [2.24, 2.45) is 0 Å². The van der Waals surface area contributed by atoms with Gasteiger partial charge in [0, 0.05) is 11.6 Å². The van der Waals surface area contributed by atoms with Crippen molar-refractivity contribution in [2.45, 2.75) is 26.9 Å². The molecule has 0 amide bonds. The lowest BCUT2D eigenvalue weighted by Crippen LogP contribution is -2.23. The maximum absolute atomic E-state index is 10.8. The molecule has 2 aromatic rings. The number of ether oxygens (including phenoxy) is 1. The Morgan fingerprint density at radius 1 is 1.39 bits per heavy atom. The van der Waals surface area contributed by atoms with Crippen LogP contribution in [0.1, 0.15) is 18.1 Å². The van der Waals surface area contributed by atoms with Crippen LogP contribution in [0.4, 0.5) is 0 Å². The molecule has 1 heterocycles. The Labute approximate surface area is 105 Å². The van der Waals surface area contributed by atoms with E-state index in [0.717, 1.165) is 22.0 Å². The molecule has 0 spiro atoms. The van der Waals surface area contributed by atoms with Crippen LogP contribution in [0, 0.1) is 13.8 Å². The molecule has 4 nitrogen and oxygen atoms in total. The first-order valence-electron chi connectivity index (χ1n) is 5.74. The molecular weight excluding hydrogens is 230 g/mol. The molecule has 4 heteroatoms. The van der Waals surface area contributed by atoms with Gasteiger partial charge in [-0.2, -0.15) is 0 Å². The van der Waals surface area contributed by atoms with Crippen molar-refractivity contribution in [1.29, 1.82) is 0 Å². The van der Waals surface area contributed by atoms with Crippen LogP contribution in [0.3, 0.4) is 0 Å². The summed E-state index contributed by atoms with van der Waals surface area (Å²) in [5.41, 5.74) is 3.00. The lowest BCUT2D eigenvalue weighted by molar-refractivity contribution is -0.144. The molecule has 1 aromatic carbocycles. The zero-order chi connectivity index (χ0) is 13.3. The van der Waals surface area contributed by atoms with E-state index in [1.54, 1.807) is 12.3 Å². The summed E-state index contributed by atoms with van der Waals surface area (Å²) in [4.78, 5) is 15.1. The SMILES string of the molecule is Cc1cc(C)c2nccc(O[C@H](C)C(=O)O)c2c1. The van der Waals surface area contributed by atoms with Crippen molar-refractivity contribution >= 4 is 16.9 Å². The lowest BCUT2D eigenvalue weighted by Gasteiger charge is -2.13. The highest BCUT2D eigenvalue weighted by atomic mass is 16.5. The summed E-state index contributed by atoms with van der Waals surface area (Å²) in [6, 6.07) is 5.69. The number of hydrogen-bond donors (Lipinski definition) is 1. The minimum absolute atomic E-state index is 0.557. The number of aromatic nitrogens is 1. The third kappa shape index (κ3) is 2.27. The summed E-state index contributed by atoms with van der Waals surface area (Å²) >= 11 is 0. The molecular formula is C14H15NO3. The summed E-state index contributed by atoms with van der Waals surface area (Å²) in [6.07, 6.45) is 0.755. The Hall–Kier alpha value is -2.10. The van der Waals surface area contributed by atoms with Crippen molar-refractivity contribution in [3.63, 3.8) is 0 Å². The molecule has 1 atom stereocenters. The summed E-state index contributed by atoms with van der Waals surface area (Å²) < 4.78 is 5.46. The van der Waals surface area contributed by atoms with Crippen LogP contribution in [0.15, 0.2) is 24.4 Å². The van der Waals surface area contributed by atoms with Crippen LogP contribution in [0.2, 0.25) is 0 Å². The second kappa shape index (κ2) is 4.64. The Kier molecular flexibility index (Phi) is 3.19. The van der Waals surface area contributed by atoms with Gasteiger partial charge in [0.2, 0.25) is 0 Å². The van der Waals surface area contributed by atoms with Crippen LogP contribution >= 0.6 is 0 Å². The topological polar surface area (TPSA) is 59.4 Å². The number of fused-ring (bicyclic) bond motifs is 1. The average molecular weight is 245 g/mol. The van der Waals surface area contributed by atoms with Crippen molar-refractivity contribution in [3.05, 3.63) is 35.5 Å². The molecule has 2 rings (SSSR count). The smallest absolute Gasteiger partial charge is 0.344 e. The van der Waals surface area contributed by atoms with Crippen molar-refractivity contribution in [2.75, 3.05) is 0 Å². The van der Waals surface area contributed by atoms with Gasteiger partial charge in [0.05, 0.1) is 5.52 Å². The minimum Gasteiger partial charge on any atom is -0.479 e. The fraction of sp³-hybridized carbons (Fsp3) is 0.286.